The molecule has 20 heavy (non-hydrogen) atoms. The molecule has 4 amide bonds. The molecule has 0 radical (unpaired) electrons. The lowest BCUT2D eigenvalue weighted by Gasteiger charge is -2.31. The molecule has 1 saturated heterocycles. The molecule has 0 saturated carbocycles. The summed E-state index contributed by atoms with van der Waals surface area (Å²) >= 11 is 0. The molecular formula is C15H18N2O3. The average molecular weight is 274 g/mol. The van der Waals surface area contributed by atoms with E-state index in [2.05, 4.69) is 5.32 Å². The van der Waals surface area contributed by atoms with E-state index in [9.17, 15) is 14.4 Å². The number of nitrogens with zero attached hydrogens (tertiary/aromatic N) is 1. The van der Waals surface area contributed by atoms with Crippen LogP contribution in [-0.2, 0) is 9.59 Å². The minimum atomic E-state index is -0.938. The number of barbiturate groups is 1. The van der Waals surface area contributed by atoms with Crippen molar-refractivity contribution in [2.75, 3.05) is 6.54 Å². The number of imide groups is 2. The van der Waals surface area contributed by atoms with Gasteiger partial charge in [-0.3, -0.25) is 19.8 Å². The van der Waals surface area contributed by atoms with Crippen LogP contribution < -0.4 is 5.32 Å². The van der Waals surface area contributed by atoms with E-state index >= 15 is 0 Å². The Morgan fingerprint density at radius 3 is 2.30 bits per heavy atom. The van der Waals surface area contributed by atoms with E-state index in [4.69, 9.17) is 0 Å². The van der Waals surface area contributed by atoms with Crippen LogP contribution in [0.15, 0.2) is 24.3 Å². The minimum Gasteiger partial charge on any atom is -0.277 e. The molecular weight excluding hydrogens is 256 g/mol. The maximum absolute atomic E-state index is 12.4. The molecule has 1 aromatic carbocycles. The molecule has 0 spiro atoms. The Morgan fingerprint density at radius 1 is 1.15 bits per heavy atom. The molecule has 0 aliphatic carbocycles. The number of hydrogen-bond donors (Lipinski definition) is 1. The van der Waals surface area contributed by atoms with E-state index in [1.165, 1.54) is 0 Å². The number of urea groups is 1. The van der Waals surface area contributed by atoms with Gasteiger partial charge in [0.1, 0.15) is 5.92 Å². The van der Waals surface area contributed by atoms with Crippen LogP contribution in [-0.4, -0.2) is 29.3 Å². The second kappa shape index (κ2) is 5.45. The molecule has 1 heterocycles. The molecule has 5 nitrogen and oxygen atoms in total. The summed E-state index contributed by atoms with van der Waals surface area (Å²) in [5.41, 5.74) is 1.66. The van der Waals surface area contributed by atoms with Crippen LogP contribution in [0.4, 0.5) is 4.79 Å². The molecule has 1 unspecified atom stereocenters. The SMILES string of the molecule is Cc1ccc(C2C(=O)NC(=O)N(CC(C)C)C2=O)cc1. The molecule has 0 bridgehead atoms. The van der Waals surface area contributed by atoms with Crippen LogP contribution in [0.5, 0.6) is 0 Å². The predicted octanol–water partition coefficient (Wildman–Crippen LogP) is 1.81. The van der Waals surface area contributed by atoms with Crippen LogP contribution in [0.3, 0.4) is 0 Å². The van der Waals surface area contributed by atoms with E-state index in [1.807, 2.05) is 32.9 Å². The highest BCUT2D eigenvalue weighted by Crippen LogP contribution is 2.23. The Hall–Kier alpha value is -2.17. The lowest BCUT2D eigenvalue weighted by atomic mass is 9.94. The molecule has 1 aliphatic heterocycles. The number of benzene rings is 1. The summed E-state index contributed by atoms with van der Waals surface area (Å²) in [5.74, 6) is -1.79. The summed E-state index contributed by atoms with van der Waals surface area (Å²) in [4.78, 5) is 37.2. The van der Waals surface area contributed by atoms with Gasteiger partial charge in [-0.2, -0.15) is 0 Å². The van der Waals surface area contributed by atoms with Gasteiger partial charge in [0.05, 0.1) is 0 Å². The fourth-order valence-electron chi connectivity index (χ4n) is 2.20. The van der Waals surface area contributed by atoms with Gasteiger partial charge in [-0.25, -0.2) is 4.79 Å². The largest absolute Gasteiger partial charge is 0.330 e. The zero-order valence-corrected chi connectivity index (χ0v) is 11.8. The second-order valence-corrected chi connectivity index (χ2v) is 5.48. The monoisotopic (exact) mass is 274 g/mol. The first-order valence-electron chi connectivity index (χ1n) is 6.63. The number of rotatable bonds is 3. The van der Waals surface area contributed by atoms with Gasteiger partial charge >= 0.3 is 6.03 Å². The first-order chi connectivity index (χ1) is 9.40. The van der Waals surface area contributed by atoms with Crippen molar-refractivity contribution in [1.29, 1.82) is 0 Å². The molecule has 5 heteroatoms. The quantitative estimate of drug-likeness (QED) is 0.855. The summed E-state index contributed by atoms with van der Waals surface area (Å²) in [5, 5.41) is 2.26. The highest BCUT2D eigenvalue weighted by molar-refractivity contribution is 6.19. The number of amides is 4. The van der Waals surface area contributed by atoms with Crippen LogP contribution in [0.1, 0.15) is 30.9 Å². The van der Waals surface area contributed by atoms with Crippen molar-refractivity contribution < 1.29 is 14.4 Å². The third-order valence-electron chi connectivity index (χ3n) is 3.21. The van der Waals surface area contributed by atoms with Crippen molar-refractivity contribution >= 4 is 17.8 Å². The Kier molecular flexibility index (Phi) is 3.88. The van der Waals surface area contributed by atoms with Crippen molar-refractivity contribution in [3.05, 3.63) is 35.4 Å². The minimum absolute atomic E-state index is 0.150. The first kappa shape index (κ1) is 14.2. The maximum Gasteiger partial charge on any atom is 0.330 e. The maximum atomic E-state index is 12.4. The number of carbonyl (C=O) groups excluding carboxylic acids is 3. The van der Waals surface area contributed by atoms with Gasteiger partial charge < -0.3 is 0 Å². The first-order valence-corrected chi connectivity index (χ1v) is 6.63. The molecule has 1 aromatic rings. The van der Waals surface area contributed by atoms with E-state index in [0.717, 1.165) is 10.5 Å². The van der Waals surface area contributed by atoms with Gasteiger partial charge in [0.15, 0.2) is 0 Å². The summed E-state index contributed by atoms with van der Waals surface area (Å²) in [6, 6.07) is 6.57. The van der Waals surface area contributed by atoms with Gasteiger partial charge in [0.25, 0.3) is 0 Å². The van der Waals surface area contributed by atoms with Gasteiger partial charge in [0.2, 0.25) is 11.8 Å². The Balaban J connectivity index is 2.32. The van der Waals surface area contributed by atoms with Gasteiger partial charge in [-0.15, -0.1) is 0 Å². The molecule has 1 aliphatic rings. The highest BCUT2D eigenvalue weighted by Gasteiger charge is 2.41. The van der Waals surface area contributed by atoms with E-state index in [1.54, 1.807) is 12.1 Å². The lowest BCUT2D eigenvalue weighted by Crippen LogP contribution is -2.57. The normalized spacial score (nSPS) is 19.5. The zero-order chi connectivity index (χ0) is 14.9. The zero-order valence-electron chi connectivity index (χ0n) is 11.8. The number of nitrogens with one attached hydrogen (secondary N) is 1. The smallest absolute Gasteiger partial charge is 0.277 e. The summed E-state index contributed by atoms with van der Waals surface area (Å²) in [6.07, 6.45) is 0. The van der Waals surface area contributed by atoms with Gasteiger partial charge in [0, 0.05) is 6.54 Å². The van der Waals surface area contributed by atoms with Gasteiger partial charge in [-0.1, -0.05) is 43.7 Å². The number of carbonyl (C=O) groups is 3. The molecule has 1 fully saturated rings. The number of hydrogen-bond acceptors (Lipinski definition) is 3. The van der Waals surface area contributed by atoms with Crippen molar-refractivity contribution in [3.8, 4) is 0 Å². The highest BCUT2D eigenvalue weighted by atomic mass is 16.2. The Morgan fingerprint density at radius 2 is 1.75 bits per heavy atom. The van der Waals surface area contributed by atoms with E-state index in [0.29, 0.717) is 12.1 Å². The summed E-state index contributed by atoms with van der Waals surface area (Å²) in [7, 11) is 0. The summed E-state index contributed by atoms with van der Waals surface area (Å²) in [6.45, 7) is 6.07. The third kappa shape index (κ3) is 2.71. The standard InChI is InChI=1S/C15H18N2O3/c1-9(2)8-17-14(19)12(13(18)16-15(17)20)11-6-4-10(3)5-7-11/h4-7,9,12H,8H2,1-3H3,(H,16,18,20). The molecule has 1 N–H and O–H groups in total. The van der Waals surface area contributed by atoms with Crippen molar-refractivity contribution in [2.45, 2.75) is 26.7 Å². The van der Waals surface area contributed by atoms with Gasteiger partial charge in [-0.05, 0) is 18.4 Å². The Bertz CT molecular complexity index is 549. The fourth-order valence-corrected chi connectivity index (χ4v) is 2.20. The van der Waals surface area contributed by atoms with E-state index in [-0.39, 0.29) is 5.92 Å². The molecule has 0 aromatic heterocycles. The van der Waals surface area contributed by atoms with Crippen molar-refractivity contribution in [3.63, 3.8) is 0 Å². The predicted molar refractivity (Wildman–Crippen MR) is 74.0 cm³/mol. The van der Waals surface area contributed by atoms with Crippen molar-refractivity contribution in [2.24, 2.45) is 5.92 Å². The molecule has 106 valence electrons. The molecule has 2 rings (SSSR count). The number of aryl methyl sites for hydroxylation is 1. The van der Waals surface area contributed by atoms with Crippen LogP contribution in [0.25, 0.3) is 0 Å². The Labute approximate surface area is 118 Å². The topological polar surface area (TPSA) is 66.5 Å². The van der Waals surface area contributed by atoms with Crippen molar-refractivity contribution in [1.82, 2.24) is 10.2 Å². The summed E-state index contributed by atoms with van der Waals surface area (Å²) < 4.78 is 0. The van der Waals surface area contributed by atoms with E-state index < -0.39 is 23.8 Å². The fraction of sp³-hybridized carbons (Fsp3) is 0.400. The lowest BCUT2D eigenvalue weighted by molar-refractivity contribution is -0.139. The second-order valence-electron chi connectivity index (χ2n) is 5.48. The van der Waals surface area contributed by atoms with Crippen LogP contribution in [0, 0.1) is 12.8 Å². The van der Waals surface area contributed by atoms with Crippen LogP contribution in [0.2, 0.25) is 0 Å². The average Bonchev–Trinajstić information content (AvgIpc) is 2.36. The third-order valence-corrected chi connectivity index (χ3v) is 3.21. The van der Waals surface area contributed by atoms with Crippen LogP contribution >= 0.6 is 0 Å². The molecule has 1 atom stereocenters.